The molecule has 4 heteroatoms. The maximum absolute atomic E-state index is 13.0. The van der Waals surface area contributed by atoms with Crippen molar-refractivity contribution in [3.05, 3.63) is 71.5 Å². The lowest BCUT2D eigenvalue weighted by molar-refractivity contribution is 0.0841. The van der Waals surface area contributed by atoms with E-state index in [0.29, 0.717) is 5.56 Å². The summed E-state index contributed by atoms with van der Waals surface area (Å²) in [5, 5.41) is 0. The van der Waals surface area contributed by atoms with Crippen LogP contribution in [-0.4, -0.2) is 30.3 Å². The maximum atomic E-state index is 13.0. The van der Waals surface area contributed by atoms with Gasteiger partial charge in [-0.3, -0.25) is 4.79 Å². The Morgan fingerprint density at radius 1 is 1.00 bits per heavy atom. The smallest absolute Gasteiger partial charge is 0.166 e. The molecule has 0 bridgehead atoms. The summed E-state index contributed by atoms with van der Waals surface area (Å²) in [4.78, 5) is 14.9. The highest BCUT2D eigenvalue weighted by Crippen LogP contribution is 2.22. The average Bonchev–Trinajstić information content (AvgIpc) is 2.61. The zero-order valence-electron chi connectivity index (χ0n) is 13.7. The third kappa shape index (κ3) is 4.89. The summed E-state index contributed by atoms with van der Waals surface area (Å²) in [6.07, 6.45) is 2.84. The molecule has 0 spiro atoms. The van der Waals surface area contributed by atoms with Crippen LogP contribution >= 0.6 is 12.4 Å². The molecule has 2 aromatic rings. The van der Waals surface area contributed by atoms with Crippen molar-refractivity contribution in [3.63, 3.8) is 0 Å². The lowest BCUT2D eigenvalue weighted by Crippen LogP contribution is -2.37. The summed E-state index contributed by atoms with van der Waals surface area (Å²) in [6.45, 7) is 2.97. The number of rotatable bonds is 5. The molecular formula is C20H23ClFNO. The van der Waals surface area contributed by atoms with Gasteiger partial charge in [-0.1, -0.05) is 30.3 Å². The summed E-state index contributed by atoms with van der Waals surface area (Å²) in [5.74, 6) is -0.0570. The number of hydrogen-bond donors (Lipinski definition) is 0. The molecule has 0 unspecified atom stereocenters. The monoisotopic (exact) mass is 347 g/mol. The fourth-order valence-electron chi connectivity index (χ4n) is 3.20. The predicted molar refractivity (Wildman–Crippen MR) is 97.3 cm³/mol. The van der Waals surface area contributed by atoms with Gasteiger partial charge in [-0.25, -0.2) is 4.39 Å². The minimum Gasteiger partial charge on any atom is -0.303 e. The number of benzene rings is 2. The molecule has 1 saturated heterocycles. The third-order valence-corrected chi connectivity index (χ3v) is 4.65. The zero-order chi connectivity index (χ0) is 16.1. The number of likely N-dealkylation sites (tertiary alicyclic amines) is 1. The van der Waals surface area contributed by atoms with Crippen molar-refractivity contribution in [3.8, 4) is 0 Å². The molecule has 1 fully saturated rings. The molecule has 3 rings (SSSR count). The topological polar surface area (TPSA) is 20.3 Å². The molecule has 0 aliphatic carbocycles. The highest BCUT2D eigenvalue weighted by molar-refractivity contribution is 5.97. The molecule has 24 heavy (non-hydrogen) atoms. The van der Waals surface area contributed by atoms with E-state index in [0.717, 1.165) is 38.9 Å². The molecule has 0 atom stereocenters. The average molecular weight is 348 g/mol. The van der Waals surface area contributed by atoms with Crippen LogP contribution in [-0.2, 0) is 6.42 Å². The Labute approximate surface area is 149 Å². The Balaban J connectivity index is 0.00000208. The van der Waals surface area contributed by atoms with E-state index in [9.17, 15) is 9.18 Å². The van der Waals surface area contributed by atoms with Crippen LogP contribution in [0.3, 0.4) is 0 Å². The fourth-order valence-corrected chi connectivity index (χ4v) is 3.20. The second-order valence-electron chi connectivity index (χ2n) is 6.22. The van der Waals surface area contributed by atoms with Crippen molar-refractivity contribution in [2.75, 3.05) is 19.6 Å². The number of carbonyl (C=O) groups is 1. The molecule has 1 aliphatic heterocycles. The molecule has 0 radical (unpaired) electrons. The van der Waals surface area contributed by atoms with E-state index < -0.39 is 0 Å². The fraction of sp³-hybridized carbons (Fsp3) is 0.350. The van der Waals surface area contributed by atoms with E-state index in [1.54, 1.807) is 12.1 Å². The number of Topliss-reactive ketones (excluding diaryl/α,β-unsaturated/α-hetero) is 1. The Morgan fingerprint density at radius 3 is 2.25 bits per heavy atom. The summed E-state index contributed by atoms with van der Waals surface area (Å²) < 4.78 is 13.0. The molecule has 2 aromatic carbocycles. The Morgan fingerprint density at radius 2 is 1.62 bits per heavy atom. The number of carbonyl (C=O) groups excluding carboxylic acids is 1. The van der Waals surface area contributed by atoms with E-state index in [1.165, 1.54) is 17.7 Å². The number of ketones is 1. The largest absolute Gasteiger partial charge is 0.303 e. The van der Waals surface area contributed by atoms with Crippen LogP contribution < -0.4 is 0 Å². The molecule has 2 nitrogen and oxygen atoms in total. The van der Waals surface area contributed by atoms with Crippen molar-refractivity contribution in [2.45, 2.75) is 19.3 Å². The molecule has 0 saturated carbocycles. The number of halogens is 2. The molecule has 1 heterocycles. The SMILES string of the molecule is Cl.O=C(c1ccc(F)cc1)C1CCN(CCc2ccccc2)CC1. The zero-order valence-corrected chi connectivity index (χ0v) is 14.5. The lowest BCUT2D eigenvalue weighted by atomic mass is 9.89. The van der Waals surface area contributed by atoms with Crippen molar-refractivity contribution >= 4 is 18.2 Å². The lowest BCUT2D eigenvalue weighted by Gasteiger charge is -2.31. The Bertz CT molecular complexity index is 636. The first-order valence-electron chi connectivity index (χ1n) is 8.28. The third-order valence-electron chi connectivity index (χ3n) is 4.65. The summed E-state index contributed by atoms with van der Waals surface area (Å²) >= 11 is 0. The van der Waals surface area contributed by atoms with Crippen LogP contribution in [0.4, 0.5) is 4.39 Å². The molecule has 0 amide bonds. The van der Waals surface area contributed by atoms with Gasteiger partial charge in [0.15, 0.2) is 5.78 Å². The van der Waals surface area contributed by atoms with Crippen molar-refractivity contribution < 1.29 is 9.18 Å². The first kappa shape index (κ1) is 18.6. The standard InChI is InChI=1S/C20H22FNO.ClH/c21-19-8-6-17(7-9-19)20(23)18-11-14-22(15-12-18)13-10-16-4-2-1-3-5-16;/h1-9,18H,10-15H2;1H. The Kier molecular flexibility index (Phi) is 6.95. The maximum Gasteiger partial charge on any atom is 0.166 e. The van der Waals surface area contributed by atoms with Gasteiger partial charge in [-0.15, -0.1) is 12.4 Å². The van der Waals surface area contributed by atoms with Crippen molar-refractivity contribution in [1.29, 1.82) is 0 Å². The molecule has 128 valence electrons. The first-order chi connectivity index (χ1) is 11.2. The van der Waals surface area contributed by atoms with Crippen LogP contribution in [0.2, 0.25) is 0 Å². The number of piperidine rings is 1. The molecule has 0 N–H and O–H groups in total. The minimum atomic E-state index is -0.294. The normalized spacial score (nSPS) is 15.7. The van der Waals surface area contributed by atoms with Gasteiger partial charge in [0.2, 0.25) is 0 Å². The first-order valence-corrected chi connectivity index (χ1v) is 8.28. The highest BCUT2D eigenvalue weighted by Gasteiger charge is 2.25. The summed E-state index contributed by atoms with van der Waals surface area (Å²) in [6, 6.07) is 16.4. The highest BCUT2D eigenvalue weighted by atomic mass is 35.5. The summed E-state index contributed by atoms with van der Waals surface area (Å²) in [5.41, 5.74) is 1.99. The van der Waals surface area contributed by atoms with Gasteiger partial charge in [0.25, 0.3) is 0 Å². The van der Waals surface area contributed by atoms with Crippen molar-refractivity contribution in [1.82, 2.24) is 4.90 Å². The van der Waals surface area contributed by atoms with Crippen LogP contribution in [0, 0.1) is 11.7 Å². The van der Waals surface area contributed by atoms with Gasteiger partial charge in [-0.05, 0) is 62.2 Å². The van der Waals surface area contributed by atoms with E-state index in [2.05, 4.69) is 29.2 Å². The van der Waals surface area contributed by atoms with Gasteiger partial charge in [0.05, 0.1) is 0 Å². The second kappa shape index (κ2) is 8.95. The minimum absolute atomic E-state index is 0. The number of nitrogens with zero attached hydrogens (tertiary/aromatic N) is 1. The van der Waals surface area contributed by atoms with Gasteiger partial charge >= 0.3 is 0 Å². The van der Waals surface area contributed by atoms with Gasteiger partial charge < -0.3 is 4.90 Å². The summed E-state index contributed by atoms with van der Waals surface area (Å²) in [7, 11) is 0. The van der Waals surface area contributed by atoms with Crippen LogP contribution in [0.25, 0.3) is 0 Å². The van der Waals surface area contributed by atoms with E-state index in [4.69, 9.17) is 0 Å². The second-order valence-corrected chi connectivity index (χ2v) is 6.22. The van der Waals surface area contributed by atoms with E-state index in [-0.39, 0.29) is 29.9 Å². The number of hydrogen-bond acceptors (Lipinski definition) is 2. The van der Waals surface area contributed by atoms with Crippen LogP contribution in [0.1, 0.15) is 28.8 Å². The van der Waals surface area contributed by atoms with E-state index in [1.807, 2.05) is 6.07 Å². The molecule has 1 aliphatic rings. The molecular weight excluding hydrogens is 325 g/mol. The van der Waals surface area contributed by atoms with Crippen molar-refractivity contribution in [2.24, 2.45) is 5.92 Å². The van der Waals surface area contributed by atoms with Crippen LogP contribution in [0.15, 0.2) is 54.6 Å². The van der Waals surface area contributed by atoms with Crippen LogP contribution in [0.5, 0.6) is 0 Å². The predicted octanol–water partition coefficient (Wildman–Crippen LogP) is 4.38. The Hall–Kier alpha value is -1.71. The quantitative estimate of drug-likeness (QED) is 0.748. The van der Waals surface area contributed by atoms with Gasteiger partial charge in [0.1, 0.15) is 5.82 Å². The van der Waals surface area contributed by atoms with Gasteiger partial charge in [0, 0.05) is 18.0 Å². The molecule has 0 aromatic heterocycles. The van der Waals surface area contributed by atoms with E-state index >= 15 is 0 Å². The van der Waals surface area contributed by atoms with Gasteiger partial charge in [-0.2, -0.15) is 0 Å².